The van der Waals surface area contributed by atoms with Crippen molar-refractivity contribution in [3.63, 3.8) is 0 Å². The van der Waals surface area contributed by atoms with Gasteiger partial charge in [-0.3, -0.25) is 9.59 Å². The topological polar surface area (TPSA) is 91.0 Å². The van der Waals surface area contributed by atoms with Crippen LogP contribution in [0.2, 0.25) is 0 Å². The molecule has 8 nitrogen and oxygen atoms in total. The summed E-state index contributed by atoms with van der Waals surface area (Å²) in [6.07, 6.45) is 5.41. The summed E-state index contributed by atoms with van der Waals surface area (Å²) in [5.74, 6) is 0.221. The molecule has 0 unspecified atom stereocenters. The van der Waals surface area contributed by atoms with Crippen molar-refractivity contribution >= 4 is 29.3 Å². The normalized spacial score (nSPS) is 17.2. The van der Waals surface area contributed by atoms with E-state index in [9.17, 15) is 14.4 Å². The zero-order valence-corrected chi connectivity index (χ0v) is 18.6. The lowest BCUT2D eigenvalue weighted by Crippen LogP contribution is -2.38. The van der Waals surface area contributed by atoms with Gasteiger partial charge in [0, 0.05) is 37.6 Å². The third-order valence-corrected chi connectivity index (χ3v) is 5.95. The summed E-state index contributed by atoms with van der Waals surface area (Å²) in [6, 6.07) is 4.98. The molecule has 0 atom stereocenters. The van der Waals surface area contributed by atoms with Crippen molar-refractivity contribution < 1.29 is 19.1 Å². The first-order valence-corrected chi connectivity index (χ1v) is 11.4. The summed E-state index contributed by atoms with van der Waals surface area (Å²) in [5.41, 5.74) is 2.08. The van der Waals surface area contributed by atoms with Crippen LogP contribution in [0.3, 0.4) is 0 Å². The number of hydrogen-bond acceptors (Lipinski definition) is 5. The Morgan fingerprint density at radius 3 is 2.45 bits per heavy atom. The van der Waals surface area contributed by atoms with Crippen LogP contribution in [-0.2, 0) is 9.53 Å². The van der Waals surface area contributed by atoms with Crippen molar-refractivity contribution in [1.82, 2.24) is 10.2 Å². The highest BCUT2D eigenvalue weighted by molar-refractivity contribution is 6.02. The molecule has 3 amide bonds. The van der Waals surface area contributed by atoms with E-state index in [-0.39, 0.29) is 19.1 Å². The summed E-state index contributed by atoms with van der Waals surface area (Å²) in [4.78, 5) is 41.2. The van der Waals surface area contributed by atoms with Gasteiger partial charge in [0.1, 0.15) is 6.54 Å². The molecule has 0 saturated carbocycles. The van der Waals surface area contributed by atoms with Gasteiger partial charge in [-0.1, -0.05) is 6.92 Å². The van der Waals surface area contributed by atoms with E-state index < -0.39 is 12.0 Å². The Labute approximate surface area is 184 Å². The third-order valence-electron chi connectivity index (χ3n) is 5.95. The van der Waals surface area contributed by atoms with E-state index in [1.54, 1.807) is 13.0 Å². The molecule has 2 aliphatic heterocycles. The Kier molecular flexibility index (Phi) is 8.14. The summed E-state index contributed by atoms with van der Waals surface area (Å²) < 4.78 is 4.81. The first-order chi connectivity index (χ1) is 15.0. The molecule has 2 N–H and O–H groups in total. The number of benzene rings is 1. The third kappa shape index (κ3) is 6.35. The number of nitrogens with zero attached hydrogens (tertiary/aromatic N) is 2. The van der Waals surface area contributed by atoms with E-state index in [4.69, 9.17) is 4.74 Å². The molecule has 0 bridgehead atoms. The first-order valence-electron chi connectivity index (χ1n) is 11.4. The lowest BCUT2D eigenvalue weighted by Gasteiger charge is -2.35. The fourth-order valence-electron chi connectivity index (χ4n) is 4.12. The zero-order valence-electron chi connectivity index (χ0n) is 18.6. The van der Waals surface area contributed by atoms with Crippen LogP contribution in [0.25, 0.3) is 0 Å². The Hall–Kier alpha value is -2.77. The molecule has 0 spiro atoms. The second-order valence-corrected chi connectivity index (χ2v) is 8.37. The smallest absolute Gasteiger partial charge is 0.325 e. The van der Waals surface area contributed by atoms with Crippen LogP contribution in [0.15, 0.2) is 18.2 Å². The van der Waals surface area contributed by atoms with Crippen LogP contribution in [0.1, 0.15) is 56.3 Å². The standard InChI is InChI=1S/C23H34N4O4/c1-3-31-21(28)16-24-23(30)25-18-7-8-20(26-13-9-17(2)10-14-26)19(15-18)22(29)27-11-5-4-6-12-27/h7-8,15,17H,3-6,9-14,16H2,1-2H3,(H2,24,25,30). The number of urea groups is 1. The fourth-order valence-corrected chi connectivity index (χ4v) is 4.12. The number of hydrogen-bond donors (Lipinski definition) is 2. The molecule has 31 heavy (non-hydrogen) atoms. The monoisotopic (exact) mass is 430 g/mol. The molecular weight excluding hydrogens is 396 g/mol. The van der Waals surface area contributed by atoms with Crippen LogP contribution >= 0.6 is 0 Å². The quantitative estimate of drug-likeness (QED) is 0.676. The second-order valence-electron chi connectivity index (χ2n) is 8.37. The highest BCUT2D eigenvalue weighted by atomic mass is 16.5. The molecule has 2 saturated heterocycles. The van der Waals surface area contributed by atoms with Crippen LogP contribution in [0.5, 0.6) is 0 Å². The molecule has 0 aliphatic carbocycles. The minimum Gasteiger partial charge on any atom is -0.465 e. The van der Waals surface area contributed by atoms with Crippen molar-refractivity contribution in [2.45, 2.75) is 46.0 Å². The van der Waals surface area contributed by atoms with Crippen LogP contribution in [0, 0.1) is 5.92 Å². The average molecular weight is 431 g/mol. The SMILES string of the molecule is CCOC(=O)CNC(=O)Nc1ccc(N2CCC(C)CC2)c(C(=O)N2CCCCC2)c1. The van der Waals surface area contributed by atoms with Crippen LogP contribution in [0.4, 0.5) is 16.2 Å². The number of esters is 1. The maximum absolute atomic E-state index is 13.4. The second kappa shape index (κ2) is 11.0. The number of carbonyl (C=O) groups is 3. The fraction of sp³-hybridized carbons (Fsp3) is 0.609. The minimum atomic E-state index is -0.510. The zero-order chi connectivity index (χ0) is 22.2. The Morgan fingerprint density at radius 2 is 1.77 bits per heavy atom. The predicted molar refractivity (Wildman–Crippen MR) is 120 cm³/mol. The molecule has 0 radical (unpaired) electrons. The summed E-state index contributed by atoms with van der Waals surface area (Å²) >= 11 is 0. The van der Waals surface area contributed by atoms with Gasteiger partial charge in [0.2, 0.25) is 0 Å². The molecule has 0 aromatic heterocycles. The molecule has 170 valence electrons. The number of rotatable bonds is 6. The van der Waals surface area contributed by atoms with Gasteiger partial charge in [-0.05, 0) is 63.1 Å². The maximum Gasteiger partial charge on any atom is 0.325 e. The number of ether oxygens (including phenoxy) is 1. The van der Waals surface area contributed by atoms with Crippen molar-refractivity contribution in [1.29, 1.82) is 0 Å². The number of piperidine rings is 2. The predicted octanol–water partition coefficient (Wildman–Crippen LogP) is 3.23. The van der Waals surface area contributed by atoms with E-state index in [1.165, 1.54) is 0 Å². The van der Waals surface area contributed by atoms with Crippen LogP contribution < -0.4 is 15.5 Å². The van der Waals surface area contributed by atoms with Gasteiger partial charge in [-0.25, -0.2) is 4.79 Å². The minimum absolute atomic E-state index is 0.0175. The van der Waals surface area contributed by atoms with Gasteiger partial charge in [0.15, 0.2) is 0 Å². The summed E-state index contributed by atoms with van der Waals surface area (Å²) in [6.45, 7) is 7.43. The largest absolute Gasteiger partial charge is 0.465 e. The van der Waals surface area contributed by atoms with E-state index in [2.05, 4.69) is 22.5 Å². The summed E-state index contributed by atoms with van der Waals surface area (Å²) in [7, 11) is 0. The number of anilines is 2. The number of amides is 3. The van der Waals surface area contributed by atoms with Gasteiger partial charge in [0.05, 0.1) is 12.2 Å². The van der Waals surface area contributed by atoms with Crippen LogP contribution in [-0.4, -0.2) is 62.1 Å². The highest BCUT2D eigenvalue weighted by Gasteiger charge is 2.25. The van der Waals surface area contributed by atoms with E-state index >= 15 is 0 Å². The molecule has 2 aliphatic rings. The summed E-state index contributed by atoms with van der Waals surface area (Å²) in [5, 5.41) is 5.21. The van der Waals surface area contributed by atoms with Gasteiger partial charge >= 0.3 is 12.0 Å². The highest BCUT2D eigenvalue weighted by Crippen LogP contribution is 2.30. The van der Waals surface area contributed by atoms with E-state index in [0.717, 1.165) is 64.0 Å². The number of nitrogens with one attached hydrogen (secondary N) is 2. The molecule has 2 fully saturated rings. The Bertz CT molecular complexity index is 784. The van der Waals surface area contributed by atoms with E-state index in [1.807, 2.05) is 17.0 Å². The average Bonchev–Trinajstić information content (AvgIpc) is 2.79. The van der Waals surface area contributed by atoms with Gasteiger partial charge in [-0.15, -0.1) is 0 Å². The van der Waals surface area contributed by atoms with Gasteiger partial charge in [-0.2, -0.15) is 0 Å². The lowest BCUT2D eigenvalue weighted by molar-refractivity contribution is -0.141. The first kappa shape index (κ1) is 22.9. The number of likely N-dealkylation sites (tertiary alicyclic amines) is 1. The molecule has 8 heteroatoms. The Balaban J connectivity index is 1.76. The van der Waals surface area contributed by atoms with Crippen molar-refractivity contribution in [3.8, 4) is 0 Å². The Morgan fingerprint density at radius 1 is 1.06 bits per heavy atom. The molecule has 3 rings (SSSR count). The molecular formula is C23H34N4O4. The lowest BCUT2D eigenvalue weighted by atomic mass is 9.97. The van der Waals surface area contributed by atoms with Crippen molar-refractivity contribution in [2.24, 2.45) is 5.92 Å². The maximum atomic E-state index is 13.4. The van der Waals surface area contributed by atoms with Gasteiger partial charge in [0.25, 0.3) is 5.91 Å². The molecule has 1 aromatic carbocycles. The van der Waals surface area contributed by atoms with Crippen molar-refractivity contribution in [3.05, 3.63) is 23.8 Å². The molecule has 1 aromatic rings. The molecule has 2 heterocycles. The van der Waals surface area contributed by atoms with Crippen molar-refractivity contribution in [2.75, 3.05) is 49.5 Å². The van der Waals surface area contributed by atoms with E-state index in [0.29, 0.717) is 17.2 Å². The van der Waals surface area contributed by atoms with Gasteiger partial charge < -0.3 is 25.2 Å². The number of carbonyl (C=O) groups excluding carboxylic acids is 3.